The molecule has 2 heterocycles. The molecule has 2 N–H and O–H groups in total. The molecule has 0 bridgehead atoms. The summed E-state index contributed by atoms with van der Waals surface area (Å²) < 4.78 is 6.02. The Morgan fingerprint density at radius 3 is 2.63 bits per heavy atom. The number of aromatic nitrogens is 1. The highest BCUT2D eigenvalue weighted by Crippen LogP contribution is 2.35. The van der Waals surface area contributed by atoms with Crippen molar-refractivity contribution >= 4 is 22.5 Å². The standard InChI is InChI=1S/C23H19ClN2O/c24-16-9-10-21-20(14-16)19-11-12-25-22(23(19)26-21)15-5-4-8-18(13-15)27-17-6-2-1-3-7-17/h1-10,13-14,22,25-26H,11-12H2. The van der Waals surface area contributed by atoms with Gasteiger partial charge in [-0.15, -0.1) is 0 Å². The molecule has 134 valence electrons. The van der Waals surface area contributed by atoms with Crippen molar-refractivity contribution in [2.45, 2.75) is 12.5 Å². The average molecular weight is 375 g/mol. The van der Waals surface area contributed by atoms with Gasteiger partial charge in [-0.25, -0.2) is 0 Å². The smallest absolute Gasteiger partial charge is 0.127 e. The Kier molecular flexibility index (Phi) is 4.12. The first kappa shape index (κ1) is 16.4. The van der Waals surface area contributed by atoms with Crippen molar-refractivity contribution in [2.75, 3.05) is 6.54 Å². The molecule has 4 heteroatoms. The van der Waals surface area contributed by atoms with E-state index in [-0.39, 0.29) is 6.04 Å². The summed E-state index contributed by atoms with van der Waals surface area (Å²) in [5.41, 5.74) is 4.89. The van der Waals surface area contributed by atoms with Crippen molar-refractivity contribution in [3.8, 4) is 11.5 Å². The van der Waals surface area contributed by atoms with Gasteiger partial charge in [-0.3, -0.25) is 0 Å². The minimum Gasteiger partial charge on any atom is -0.457 e. The van der Waals surface area contributed by atoms with Crippen LogP contribution in [0.25, 0.3) is 10.9 Å². The number of ether oxygens (including phenoxy) is 1. The molecule has 0 radical (unpaired) electrons. The van der Waals surface area contributed by atoms with Crippen LogP contribution in [0.1, 0.15) is 22.9 Å². The molecule has 1 aromatic heterocycles. The van der Waals surface area contributed by atoms with Crippen LogP contribution in [0.4, 0.5) is 0 Å². The number of hydrogen-bond donors (Lipinski definition) is 2. The number of aromatic amines is 1. The van der Waals surface area contributed by atoms with Gasteiger partial charge < -0.3 is 15.0 Å². The Morgan fingerprint density at radius 1 is 0.889 bits per heavy atom. The van der Waals surface area contributed by atoms with E-state index in [0.29, 0.717) is 0 Å². The highest BCUT2D eigenvalue weighted by Gasteiger charge is 2.25. The summed E-state index contributed by atoms with van der Waals surface area (Å²) in [7, 11) is 0. The molecular weight excluding hydrogens is 356 g/mol. The second-order valence-electron chi connectivity index (χ2n) is 6.83. The minimum atomic E-state index is 0.110. The van der Waals surface area contributed by atoms with E-state index in [1.165, 1.54) is 22.2 Å². The minimum absolute atomic E-state index is 0.110. The Labute approximate surface area is 162 Å². The molecule has 1 unspecified atom stereocenters. The lowest BCUT2D eigenvalue weighted by atomic mass is 9.94. The summed E-state index contributed by atoms with van der Waals surface area (Å²) in [6.45, 7) is 0.931. The predicted molar refractivity (Wildman–Crippen MR) is 110 cm³/mol. The molecule has 0 amide bonds. The molecule has 3 nitrogen and oxygen atoms in total. The van der Waals surface area contributed by atoms with Gasteiger partial charge in [-0.05, 0) is 60.0 Å². The number of para-hydroxylation sites is 1. The largest absolute Gasteiger partial charge is 0.457 e. The molecule has 0 saturated heterocycles. The Hall–Kier alpha value is -2.75. The number of benzene rings is 3. The lowest BCUT2D eigenvalue weighted by Crippen LogP contribution is -2.30. The zero-order valence-corrected chi connectivity index (χ0v) is 15.5. The molecule has 1 atom stereocenters. The fourth-order valence-electron chi connectivity index (χ4n) is 3.87. The van der Waals surface area contributed by atoms with E-state index >= 15 is 0 Å². The molecule has 5 rings (SSSR count). The molecule has 4 aromatic rings. The molecule has 0 fully saturated rings. The third kappa shape index (κ3) is 3.09. The predicted octanol–water partition coefficient (Wildman–Crippen LogP) is 5.85. The Bertz CT molecular complexity index is 1100. The summed E-state index contributed by atoms with van der Waals surface area (Å²) in [5, 5.41) is 5.64. The van der Waals surface area contributed by atoms with Gasteiger partial charge in [0.05, 0.1) is 6.04 Å². The Balaban J connectivity index is 1.53. The average Bonchev–Trinajstić information content (AvgIpc) is 3.07. The van der Waals surface area contributed by atoms with E-state index < -0.39 is 0 Å². The SMILES string of the molecule is Clc1ccc2[nH]c3c(c2c1)CCNC3c1cccc(Oc2ccccc2)c1. The van der Waals surface area contributed by atoms with Gasteiger partial charge in [0.2, 0.25) is 0 Å². The van der Waals surface area contributed by atoms with Crippen molar-refractivity contribution in [3.63, 3.8) is 0 Å². The zero-order chi connectivity index (χ0) is 18.2. The number of nitrogens with one attached hydrogen (secondary N) is 2. The van der Waals surface area contributed by atoms with Crippen LogP contribution in [0.5, 0.6) is 11.5 Å². The maximum atomic E-state index is 6.22. The van der Waals surface area contributed by atoms with Crippen LogP contribution in [-0.2, 0) is 6.42 Å². The fraction of sp³-hybridized carbons (Fsp3) is 0.130. The van der Waals surface area contributed by atoms with Crippen LogP contribution in [0.15, 0.2) is 72.8 Å². The van der Waals surface area contributed by atoms with Gasteiger partial charge >= 0.3 is 0 Å². The summed E-state index contributed by atoms with van der Waals surface area (Å²) in [6, 6.07) is 24.3. The molecule has 1 aliphatic heterocycles. The summed E-state index contributed by atoms with van der Waals surface area (Å²) in [6.07, 6.45) is 0.992. The van der Waals surface area contributed by atoms with Crippen LogP contribution < -0.4 is 10.1 Å². The monoisotopic (exact) mass is 374 g/mol. The van der Waals surface area contributed by atoms with Gasteiger partial charge in [0.1, 0.15) is 11.5 Å². The van der Waals surface area contributed by atoms with Crippen molar-refractivity contribution in [2.24, 2.45) is 0 Å². The van der Waals surface area contributed by atoms with E-state index in [1.54, 1.807) is 0 Å². The number of hydrogen-bond acceptors (Lipinski definition) is 2. The van der Waals surface area contributed by atoms with E-state index in [0.717, 1.165) is 35.0 Å². The van der Waals surface area contributed by atoms with Crippen molar-refractivity contribution in [3.05, 3.63) is 94.6 Å². The van der Waals surface area contributed by atoms with Crippen molar-refractivity contribution in [1.82, 2.24) is 10.3 Å². The highest BCUT2D eigenvalue weighted by atomic mass is 35.5. The molecule has 27 heavy (non-hydrogen) atoms. The van der Waals surface area contributed by atoms with Crippen LogP contribution in [0, 0.1) is 0 Å². The van der Waals surface area contributed by atoms with Crippen LogP contribution in [-0.4, -0.2) is 11.5 Å². The van der Waals surface area contributed by atoms with Gasteiger partial charge in [0.15, 0.2) is 0 Å². The maximum Gasteiger partial charge on any atom is 0.127 e. The maximum absolute atomic E-state index is 6.22. The number of halogens is 1. The van der Waals surface area contributed by atoms with Gasteiger partial charge in [0.25, 0.3) is 0 Å². The Morgan fingerprint density at radius 2 is 1.74 bits per heavy atom. The number of fused-ring (bicyclic) bond motifs is 3. The second-order valence-corrected chi connectivity index (χ2v) is 7.27. The van der Waals surface area contributed by atoms with E-state index in [2.05, 4.69) is 34.6 Å². The van der Waals surface area contributed by atoms with Gasteiger partial charge in [-0.1, -0.05) is 41.9 Å². The summed E-state index contributed by atoms with van der Waals surface area (Å²) >= 11 is 6.22. The second kappa shape index (κ2) is 6.76. The quantitative estimate of drug-likeness (QED) is 0.472. The summed E-state index contributed by atoms with van der Waals surface area (Å²) in [4.78, 5) is 3.60. The lowest BCUT2D eigenvalue weighted by molar-refractivity contribution is 0.479. The molecular formula is C23H19ClN2O. The number of H-pyrrole nitrogens is 1. The third-order valence-corrected chi connectivity index (χ3v) is 5.32. The van der Waals surface area contributed by atoms with Crippen LogP contribution in [0.3, 0.4) is 0 Å². The van der Waals surface area contributed by atoms with Crippen molar-refractivity contribution in [1.29, 1.82) is 0 Å². The molecule has 0 spiro atoms. The first-order valence-corrected chi connectivity index (χ1v) is 9.52. The first-order chi connectivity index (χ1) is 13.3. The first-order valence-electron chi connectivity index (χ1n) is 9.14. The van der Waals surface area contributed by atoms with E-state index in [1.807, 2.05) is 48.5 Å². The van der Waals surface area contributed by atoms with Crippen LogP contribution in [0.2, 0.25) is 5.02 Å². The van der Waals surface area contributed by atoms with Crippen LogP contribution >= 0.6 is 11.6 Å². The molecule has 1 aliphatic rings. The molecule has 0 aliphatic carbocycles. The fourth-order valence-corrected chi connectivity index (χ4v) is 4.04. The summed E-state index contributed by atoms with van der Waals surface area (Å²) in [5.74, 6) is 1.68. The normalized spacial score (nSPS) is 16.3. The van der Waals surface area contributed by atoms with Gasteiger partial charge in [-0.2, -0.15) is 0 Å². The molecule has 3 aromatic carbocycles. The van der Waals surface area contributed by atoms with Gasteiger partial charge in [0, 0.05) is 28.2 Å². The lowest BCUT2D eigenvalue weighted by Gasteiger charge is -2.25. The topological polar surface area (TPSA) is 37.0 Å². The molecule has 0 saturated carbocycles. The van der Waals surface area contributed by atoms with E-state index in [9.17, 15) is 0 Å². The van der Waals surface area contributed by atoms with Crippen molar-refractivity contribution < 1.29 is 4.74 Å². The van der Waals surface area contributed by atoms with E-state index in [4.69, 9.17) is 16.3 Å². The highest BCUT2D eigenvalue weighted by molar-refractivity contribution is 6.31. The third-order valence-electron chi connectivity index (χ3n) is 5.08. The zero-order valence-electron chi connectivity index (χ0n) is 14.7. The number of rotatable bonds is 3.